The summed E-state index contributed by atoms with van der Waals surface area (Å²) in [6.45, 7) is 0. The van der Waals surface area contributed by atoms with Crippen LogP contribution in [0.3, 0.4) is 0 Å². The monoisotopic (exact) mass is 392 g/mol. The van der Waals surface area contributed by atoms with Crippen LogP contribution in [0, 0.1) is 0 Å². The molecule has 10 heteroatoms. The Bertz CT molecular complexity index is 1070. The molecular weight excluding hydrogens is 377 g/mol. The molecule has 0 unspecified atom stereocenters. The van der Waals surface area contributed by atoms with Crippen LogP contribution in [-0.4, -0.2) is 24.4 Å². The van der Waals surface area contributed by atoms with Crippen molar-refractivity contribution in [2.75, 3.05) is 14.2 Å². The van der Waals surface area contributed by atoms with Crippen molar-refractivity contribution in [3.63, 3.8) is 0 Å². The van der Waals surface area contributed by atoms with E-state index >= 15 is 0 Å². The molecule has 0 bridgehead atoms. The van der Waals surface area contributed by atoms with Crippen molar-refractivity contribution in [3.05, 3.63) is 58.4 Å². The number of azo groups is 1. The summed E-state index contributed by atoms with van der Waals surface area (Å²) in [5.41, 5.74) is -1.37. The highest BCUT2D eigenvalue weighted by Gasteiger charge is 2.33. The molecule has 0 fully saturated rings. The van der Waals surface area contributed by atoms with Crippen molar-refractivity contribution in [1.29, 1.82) is 0 Å². The van der Waals surface area contributed by atoms with Crippen molar-refractivity contribution >= 4 is 11.4 Å². The van der Waals surface area contributed by atoms with Crippen LogP contribution >= 0.6 is 0 Å². The number of aromatic amines is 2. The fourth-order valence-corrected chi connectivity index (χ4v) is 2.55. The van der Waals surface area contributed by atoms with Gasteiger partial charge in [-0.2, -0.15) is 13.2 Å². The maximum absolute atomic E-state index is 13.1. The summed E-state index contributed by atoms with van der Waals surface area (Å²) < 4.78 is 49.7. The molecule has 3 rings (SSSR count). The first-order valence-corrected chi connectivity index (χ1v) is 7.96. The third-order valence-corrected chi connectivity index (χ3v) is 3.89. The van der Waals surface area contributed by atoms with Crippen LogP contribution in [0.4, 0.5) is 24.5 Å². The van der Waals surface area contributed by atoms with E-state index in [1.807, 2.05) is 0 Å². The second-order valence-corrected chi connectivity index (χ2v) is 5.59. The first-order chi connectivity index (χ1) is 13.3. The van der Waals surface area contributed by atoms with E-state index in [1.165, 1.54) is 32.4 Å². The van der Waals surface area contributed by atoms with E-state index in [9.17, 15) is 18.0 Å². The number of nitrogens with one attached hydrogen (secondary N) is 2. The number of benzene rings is 2. The van der Waals surface area contributed by atoms with E-state index in [0.717, 1.165) is 6.07 Å². The van der Waals surface area contributed by atoms with Crippen LogP contribution in [0.15, 0.2) is 57.5 Å². The molecule has 0 aliphatic carbocycles. The third kappa shape index (κ3) is 3.75. The van der Waals surface area contributed by atoms with Crippen molar-refractivity contribution < 1.29 is 22.6 Å². The lowest BCUT2D eigenvalue weighted by molar-refractivity contribution is -0.137. The highest BCUT2D eigenvalue weighted by molar-refractivity contribution is 5.73. The topological polar surface area (TPSA) is 91.8 Å². The highest BCUT2D eigenvalue weighted by atomic mass is 19.4. The molecule has 0 atom stereocenters. The molecule has 0 spiro atoms. The van der Waals surface area contributed by atoms with Crippen LogP contribution in [-0.2, 0) is 6.18 Å². The molecule has 0 radical (unpaired) electrons. The second kappa shape index (κ2) is 7.59. The minimum absolute atomic E-state index is 0.163. The summed E-state index contributed by atoms with van der Waals surface area (Å²) in [6.07, 6.45) is -4.59. The molecule has 2 aromatic carbocycles. The summed E-state index contributed by atoms with van der Waals surface area (Å²) in [7, 11) is 2.93. The Morgan fingerprint density at radius 1 is 0.929 bits per heavy atom. The maximum Gasteiger partial charge on any atom is 0.418 e. The predicted molar refractivity (Wildman–Crippen MR) is 95.6 cm³/mol. The molecule has 7 nitrogen and oxygen atoms in total. The first-order valence-electron chi connectivity index (χ1n) is 7.96. The van der Waals surface area contributed by atoms with Crippen molar-refractivity contribution in [3.8, 4) is 22.8 Å². The fourth-order valence-electron chi connectivity index (χ4n) is 2.55. The van der Waals surface area contributed by atoms with Gasteiger partial charge in [-0.25, -0.2) is 0 Å². The van der Waals surface area contributed by atoms with Gasteiger partial charge in [-0.1, -0.05) is 12.1 Å². The minimum atomic E-state index is -4.59. The Labute approximate surface area is 156 Å². The average molecular weight is 392 g/mol. The second-order valence-electron chi connectivity index (χ2n) is 5.59. The zero-order valence-corrected chi connectivity index (χ0v) is 14.8. The zero-order chi connectivity index (χ0) is 20.3. The molecule has 1 heterocycles. The number of methoxy groups -OCH3 is 2. The Morgan fingerprint density at radius 2 is 1.64 bits per heavy atom. The van der Waals surface area contributed by atoms with Gasteiger partial charge in [0.2, 0.25) is 0 Å². The fraction of sp³-hybridized carbons (Fsp3) is 0.167. The number of hydrogen-bond donors (Lipinski definition) is 2. The number of ether oxygens (including phenoxy) is 2. The predicted octanol–water partition coefficient (Wildman–Crippen LogP) is 4.82. The Morgan fingerprint density at radius 3 is 2.32 bits per heavy atom. The van der Waals surface area contributed by atoms with Gasteiger partial charge < -0.3 is 9.47 Å². The van der Waals surface area contributed by atoms with E-state index in [2.05, 4.69) is 20.4 Å². The lowest BCUT2D eigenvalue weighted by atomic mass is 10.1. The van der Waals surface area contributed by atoms with E-state index in [0.29, 0.717) is 17.1 Å². The number of nitrogens with zero attached hydrogens (tertiary/aromatic N) is 2. The van der Waals surface area contributed by atoms with Gasteiger partial charge in [0.25, 0.3) is 5.56 Å². The molecule has 0 aliphatic rings. The first kappa shape index (κ1) is 19.2. The number of halogens is 3. The van der Waals surface area contributed by atoms with Crippen molar-refractivity contribution in [1.82, 2.24) is 10.2 Å². The van der Waals surface area contributed by atoms with Gasteiger partial charge in [0.1, 0.15) is 0 Å². The largest absolute Gasteiger partial charge is 0.493 e. The van der Waals surface area contributed by atoms with E-state index in [4.69, 9.17) is 9.47 Å². The Balaban J connectivity index is 2.04. The molecule has 0 aliphatic heterocycles. The number of H-pyrrole nitrogens is 2. The van der Waals surface area contributed by atoms with Gasteiger partial charge in [0, 0.05) is 5.56 Å². The van der Waals surface area contributed by atoms with E-state index < -0.39 is 23.0 Å². The van der Waals surface area contributed by atoms with Crippen LogP contribution < -0.4 is 15.0 Å². The van der Waals surface area contributed by atoms with Crippen LogP contribution in [0.1, 0.15) is 5.56 Å². The van der Waals surface area contributed by atoms with Crippen molar-refractivity contribution in [2.24, 2.45) is 10.2 Å². The van der Waals surface area contributed by atoms with Crippen LogP contribution in [0.2, 0.25) is 0 Å². The van der Waals surface area contributed by atoms with Crippen LogP contribution in [0.5, 0.6) is 11.5 Å². The zero-order valence-electron chi connectivity index (χ0n) is 14.8. The standard InChI is InChI=1S/C18H15F3N4O3/c1-27-13-8-7-10(9-14(13)28-2)15-16(17(26)25-23-15)24-22-12-6-4-3-5-11(12)18(19,20)21/h3-9H,1-2H3,(H2,23,25,26). The molecular formula is C18H15F3N4O3. The molecule has 0 amide bonds. The van der Waals surface area contributed by atoms with Gasteiger partial charge in [0.15, 0.2) is 17.2 Å². The number of alkyl halides is 3. The van der Waals surface area contributed by atoms with Gasteiger partial charge in [-0.3, -0.25) is 15.0 Å². The molecule has 2 N–H and O–H groups in total. The molecule has 28 heavy (non-hydrogen) atoms. The van der Waals surface area contributed by atoms with Crippen molar-refractivity contribution in [2.45, 2.75) is 6.18 Å². The van der Waals surface area contributed by atoms with Crippen LogP contribution in [0.25, 0.3) is 11.3 Å². The van der Waals surface area contributed by atoms with Gasteiger partial charge >= 0.3 is 6.18 Å². The maximum atomic E-state index is 13.1. The molecule has 0 saturated heterocycles. The normalized spacial score (nSPS) is 11.8. The quantitative estimate of drug-likeness (QED) is 0.610. The summed E-state index contributed by atoms with van der Waals surface area (Å²) in [4.78, 5) is 12.1. The summed E-state index contributed by atoms with van der Waals surface area (Å²) in [5.74, 6) is 0.888. The number of hydrogen-bond acceptors (Lipinski definition) is 5. The van der Waals surface area contributed by atoms with E-state index in [-0.39, 0.29) is 11.4 Å². The Hall–Kier alpha value is -3.56. The van der Waals surface area contributed by atoms with E-state index in [1.54, 1.807) is 18.2 Å². The molecule has 0 saturated carbocycles. The average Bonchev–Trinajstić information content (AvgIpc) is 3.05. The lowest BCUT2D eigenvalue weighted by Gasteiger charge is -2.09. The minimum Gasteiger partial charge on any atom is -0.493 e. The lowest BCUT2D eigenvalue weighted by Crippen LogP contribution is -2.04. The van der Waals surface area contributed by atoms with Gasteiger partial charge in [-0.15, -0.1) is 10.2 Å². The van der Waals surface area contributed by atoms with Gasteiger partial charge in [-0.05, 0) is 30.3 Å². The Kier molecular flexibility index (Phi) is 5.21. The molecule has 3 aromatic rings. The smallest absolute Gasteiger partial charge is 0.418 e. The summed E-state index contributed by atoms with van der Waals surface area (Å²) >= 11 is 0. The SMILES string of the molecule is COc1ccc(-c2[nH][nH]c(=O)c2N=Nc2ccccc2C(F)(F)F)cc1OC. The highest BCUT2D eigenvalue weighted by Crippen LogP contribution is 2.38. The molecule has 146 valence electrons. The third-order valence-electron chi connectivity index (χ3n) is 3.89. The number of rotatable bonds is 5. The summed E-state index contributed by atoms with van der Waals surface area (Å²) in [6, 6.07) is 9.58. The molecule has 1 aromatic heterocycles. The summed E-state index contributed by atoms with van der Waals surface area (Å²) in [5, 5.41) is 12.4. The van der Waals surface area contributed by atoms with Gasteiger partial charge in [0.05, 0.1) is 31.2 Å². The number of aromatic nitrogens is 2.